The number of aliphatic hydroxyl groups excluding tert-OH is 1. The van der Waals surface area contributed by atoms with Gasteiger partial charge in [0.25, 0.3) is 0 Å². The monoisotopic (exact) mass is 170 g/mol. The Bertz CT molecular complexity index is 152. The summed E-state index contributed by atoms with van der Waals surface area (Å²) in [6, 6.07) is 0. The van der Waals surface area contributed by atoms with E-state index in [0.29, 0.717) is 12.5 Å². The van der Waals surface area contributed by atoms with Gasteiger partial charge in [-0.1, -0.05) is 6.92 Å². The molecule has 1 unspecified atom stereocenters. The Hall–Kier alpha value is -0.500. The van der Waals surface area contributed by atoms with Crippen LogP contribution in [-0.2, 0) is 4.74 Å². The normalized spacial score (nSPS) is 19.7. The maximum Gasteiger partial charge on any atom is 0.0876 e. The number of rotatable bonds is 4. The van der Waals surface area contributed by atoms with Crippen molar-refractivity contribution in [1.82, 2.24) is 0 Å². The molecule has 2 nitrogen and oxygen atoms in total. The molecule has 0 amide bonds. The number of hydrogen-bond donors (Lipinski definition) is 1. The van der Waals surface area contributed by atoms with E-state index < -0.39 is 0 Å². The highest BCUT2D eigenvalue weighted by molar-refractivity contribution is 5.04. The van der Waals surface area contributed by atoms with Gasteiger partial charge in [0.05, 0.1) is 12.9 Å². The van der Waals surface area contributed by atoms with E-state index in [1.807, 2.05) is 6.26 Å². The van der Waals surface area contributed by atoms with E-state index in [1.165, 1.54) is 12.0 Å². The molecule has 0 aromatic carbocycles. The van der Waals surface area contributed by atoms with Crippen molar-refractivity contribution in [1.29, 1.82) is 0 Å². The third-order valence-corrected chi connectivity index (χ3v) is 2.39. The Kier molecular flexibility index (Phi) is 4.15. The average Bonchev–Trinajstić information content (AvgIpc) is 2.15. The van der Waals surface area contributed by atoms with Gasteiger partial charge in [-0.25, -0.2) is 0 Å². The number of ether oxygens (including phenoxy) is 1. The van der Waals surface area contributed by atoms with Gasteiger partial charge in [0.1, 0.15) is 0 Å². The van der Waals surface area contributed by atoms with E-state index in [2.05, 4.69) is 6.92 Å². The van der Waals surface area contributed by atoms with Crippen LogP contribution in [0.15, 0.2) is 11.8 Å². The molecule has 70 valence electrons. The molecule has 0 aromatic heterocycles. The number of hydrogen-bond acceptors (Lipinski definition) is 2. The molecule has 0 aliphatic carbocycles. The Morgan fingerprint density at radius 2 is 2.50 bits per heavy atom. The van der Waals surface area contributed by atoms with Crippen LogP contribution in [0.4, 0.5) is 0 Å². The summed E-state index contributed by atoms with van der Waals surface area (Å²) in [6.45, 7) is 3.38. The van der Waals surface area contributed by atoms with Crippen LogP contribution in [0.1, 0.15) is 32.6 Å². The summed E-state index contributed by atoms with van der Waals surface area (Å²) in [5, 5.41) is 8.66. The SMILES string of the molecule is CC(CCCO)C1=COCCC1. The zero-order valence-corrected chi connectivity index (χ0v) is 7.75. The molecule has 1 aliphatic rings. The average molecular weight is 170 g/mol. The standard InChI is InChI=1S/C10H18O2/c1-9(4-2-6-11)10-5-3-7-12-8-10/h8-9,11H,2-7H2,1H3. The molecule has 1 atom stereocenters. The van der Waals surface area contributed by atoms with E-state index in [1.54, 1.807) is 0 Å². The van der Waals surface area contributed by atoms with Gasteiger partial charge in [0.2, 0.25) is 0 Å². The Morgan fingerprint density at radius 1 is 1.67 bits per heavy atom. The van der Waals surface area contributed by atoms with Crippen LogP contribution in [0.2, 0.25) is 0 Å². The summed E-state index contributed by atoms with van der Waals surface area (Å²) in [6.07, 6.45) is 6.21. The molecular weight excluding hydrogens is 152 g/mol. The van der Waals surface area contributed by atoms with Crippen molar-refractivity contribution in [3.05, 3.63) is 11.8 Å². The second kappa shape index (κ2) is 5.20. The second-order valence-electron chi connectivity index (χ2n) is 3.43. The molecule has 2 heteroatoms. The lowest BCUT2D eigenvalue weighted by Gasteiger charge is -2.19. The topological polar surface area (TPSA) is 29.5 Å². The lowest BCUT2D eigenvalue weighted by molar-refractivity contribution is 0.215. The summed E-state index contributed by atoms with van der Waals surface area (Å²) in [4.78, 5) is 0. The molecule has 0 saturated heterocycles. The van der Waals surface area contributed by atoms with Gasteiger partial charge < -0.3 is 9.84 Å². The second-order valence-corrected chi connectivity index (χ2v) is 3.43. The maximum atomic E-state index is 8.66. The number of aliphatic hydroxyl groups is 1. The minimum absolute atomic E-state index is 0.304. The predicted molar refractivity (Wildman–Crippen MR) is 48.8 cm³/mol. The molecule has 1 heterocycles. The van der Waals surface area contributed by atoms with Crippen molar-refractivity contribution in [2.24, 2.45) is 5.92 Å². The van der Waals surface area contributed by atoms with E-state index in [4.69, 9.17) is 9.84 Å². The zero-order chi connectivity index (χ0) is 8.81. The highest BCUT2D eigenvalue weighted by Gasteiger charge is 2.11. The van der Waals surface area contributed by atoms with Crippen LogP contribution in [0, 0.1) is 5.92 Å². The molecule has 0 fully saturated rings. The highest BCUT2D eigenvalue weighted by atomic mass is 16.5. The quantitative estimate of drug-likeness (QED) is 0.700. The summed E-state index contributed by atoms with van der Waals surface area (Å²) >= 11 is 0. The smallest absolute Gasteiger partial charge is 0.0876 e. The van der Waals surface area contributed by atoms with Gasteiger partial charge in [-0.2, -0.15) is 0 Å². The largest absolute Gasteiger partial charge is 0.501 e. The van der Waals surface area contributed by atoms with Gasteiger partial charge in [0, 0.05) is 6.61 Å². The van der Waals surface area contributed by atoms with Gasteiger partial charge >= 0.3 is 0 Å². The van der Waals surface area contributed by atoms with Gasteiger partial charge in [-0.05, 0) is 37.2 Å². The van der Waals surface area contributed by atoms with E-state index in [-0.39, 0.29) is 0 Å². The summed E-state index contributed by atoms with van der Waals surface area (Å²) in [5.74, 6) is 0.581. The van der Waals surface area contributed by atoms with Crippen LogP contribution in [0.25, 0.3) is 0 Å². The minimum atomic E-state index is 0.304. The van der Waals surface area contributed by atoms with E-state index in [0.717, 1.165) is 25.9 Å². The van der Waals surface area contributed by atoms with Crippen LogP contribution >= 0.6 is 0 Å². The minimum Gasteiger partial charge on any atom is -0.501 e. The van der Waals surface area contributed by atoms with Crippen molar-refractivity contribution in [2.75, 3.05) is 13.2 Å². The highest BCUT2D eigenvalue weighted by Crippen LogP contribution is 2.23. The Labute approximate surface area is 74.2 Å². The first-order valence-corrected chi connectivity index (χ1v) is 4.76. The third-order valence-electron chi connectivity index (χ3n) is 2.39. The van der Waals surface area contributed by atoms with Crippen LogP contribution in [-0.4, -0.2) is 18.3 Å². The summed E-state index contributed by atoms with van der Waals surface area (Å²) in [7, 11) is 0. The lowest BCUT2D eigenvalue weighted by atomic mass is 9.93. The molecule has 0 spiro atoms. The molecule has 0 radical (unpaired) electrons. The molecule has 0 bridgehead atoms. The van der Waals surface area contributed by atoms with Crippen LogP contribution < -0.4 is 0 Å². The first kappa shape index (κ1) is 9.59. The summed E-state index contributed by atoms with van der Waals surface area (Å²) in [5.41, 5.74) is 1.41. The van der Waals surface area contributed by atoms with Crippen LogP contribution in [0.3, 0.4) is 0 Å². The van der Waals surface area contributed by atoms with Gasteiger partial charge in [-0.15, -0.1) is 0 Å². The fraction of sp³-hybridized carbons (Fsp3) is 0.800. The summed E-state index contributed by atoms with van der Waals surface area (Å²) < 4.78 is 5.26. The predicted octanol–water partition coefficient (Wildman–Crippen LogP) is 2.09. The van der Waals surface area contributed by atoms with Crippen molar-refractivity contribution < 1.29 is 9.84 Å². The van der Waals surface area contributed by atoms with Gasteiger partial charge in [0.15, 0.2) is 0 Å². The third kappa shape index (κ3) is 2.86. The fourth-order valence-corrected chi connectivity index (χ4v) is 1.53. The molecule has 0 aromatic rings. The van der Waals surface area contributed by atoms with E-state index >= 15 is 0 Å². The van der Waals surface area contributed by atoms with Crippen molar-refractivity contribution in [3.8, 4) is 0 Å². The van der Waals surface area contributed by atoms with Crippen molar-refractivity contribution in [2.45, 2.75) is 32.6 Å². The molecular formula is C10H18O2. The first-order valence-electron chi connectivity index (χ1n) is 4.76. The first-order chi connectivity index (χ1) is 5.84. The molecule has 1 aliphatic heterocycles. The Morgan fingerprint density at radius 3 is 3.08 bits per heavy atom. The Balaban J connectivity index is 2.29. The number of allylic oxidation sites excluding steroid dienone is 1. The van der Waals surface area contributed by atoms with Crippen molar-refractivity contribution >= 4 is 0 Å². The molecule has 12 heavy (non-hydrogen) atoms. The van der Waals surface area contributed by atoms with E-state index in [9.17, 15) is 0 Å². The molecule has 1 rings (SSSR count). The van der Waals surface area contributed by atoms with Crippen LogP contribution in [0.5, 0.6) is 0 Å². The molecule has 0 saturated carbocycles. The zero-order valence-electron chi connectivity index (χ0n) is 7.75. The fourth-order valence-electron chi connectivity index (χ4n) is 1.53. The van der Waals surface area contributed by atoms with Gasteiger partial charge in [-0.3, -0.25) is 0 Å². The van der Waals surface area contributed by atoms with Crippen molar-refractivity contribution in [3.63, 3.8) is 0 Å². The lowest BCUT2D eigenvalue weighted by Crippen LogP contribution is -2.07. The maximum absolute atomic E-state index is 8.66. The molecule has 1 N–H and O–H groups in total.